The molecule has 1 unspecified atom stereocenters. The van der Waals surface area contributed by atoms with Crippen molar-refractivity contribution in [1.82, 2.24) is 0 Å². The number of hydrogen-bond acceptors (Lipinski definition) is 2. The van der Waals surface area contributed by atoms with Crippen molar-refractivity contribution >= 4 is 15.7 Å². The number of para-hydroxylation sites is 1. The first-order valence-corrected chi connectivity index (χ1v) is 7.95. The van der Waals surface area contributed by atoms with Crippen molar-refractivity contribution < 1.29 is 9.79 Å². The summed E-state index contributed by atoms with van der Waals surface area (Å²) in [5.41, 5.74) is 0.509. The van der Waals surface area contributed by atoms with Crippen LogP contribution in [-0.2, 0) is 10.0 Å². The van der Waals surface area contributed by atoms with Crippen LogP contribution in [0.2, 0.25) is 0 Å². The number of sulfonamides is 1. The van der Waals surface area contributed by atoms with Gasteiger partial charge < -0.3 is 0 Å². The summed E-state index contributed by atoms with van der Waals surface area (Å²) >= 11 is 0. The summed E-state index contributed by atoms with van der Waals surface area (Å²) in [6, 6.07) is 8.72. The zero-order valence-corrected chi connectivity index (χ0v) is 12.0. The summed E-state index contributed by atoms with van der Waals surface area (Å²) in [5.74, 6) is 0. The Morgan fingerprint density at radius 3 is 2.50 bits per heavy atom. The first-order valence-electron chi connectivity index (χ1n) is 6.96. The van der Waals surface area contributed by atoms with E-state index in [0.717, 1.165) is 25.7 Å². The summed E-state index contributed by atoms with van der Waals surface area (Å²) in [6.45, 7) is 3.57. The van der Waals surface area contributed by atoms with E-state index >= 15 is 0 Å². The van der Waals surface area contributed by atoms with Gasteiger partial charge in [-0.2, -0.15) is 0 Å². The Labute approximate surface area is 112 Å². The molecule has 4 heteroatoms. The van der Waals surface area contributed by atoms with Gasteiger partial charge in [0.2, 0.25) is 10.0 Å². The van der Waals surface area contributed by atoms with Gasteiger partial charge in [-0.1, -0.05) is 50.8 Å². The fourth-order valence-electron chi connectivity index (χ4n) is 1.68. The highest BCUT2D eigenvalue weighted by molar-refractivity contribution is 7.93. The molecule has 1 rings (SSSR count). The Kier molecular flexibility index (Phi) is 5.52. The fourth-order valence-corrected chi connectivity index (χ4v) is 2.72. The smallest absolute Gasteiger partial charge is 0.235 e. The molecule has 0 aliphatic heterocycles. The normalized spacial score (nSPS) is 15.8. The van der Waals surface area contributed by atoms with Gasteiger partial charge in [-0.05, 0) is 25.5 Å². The van der Waals surface area contributed by atoms with E-state index < -0.39 is 15.2 Å². The molecule has 0 aromatic heterocycles. The minimum Gasteiger partial charge on any atom is -0.283 e. The van der Waals surface area contributed by atoms with Crippen molar-refractivity contribution in [1.29, 1.82) is 0 Å². The highest BCUT2D eigenvalue weighted by Gasteiger charge is 2.19. The highest BCUT2D eigenvalue weighted by atomic mass is 32.2. The van der Waals surface area contributed by atoms with Gasteiger partial charge in [0.15, 0.2) is 0 Å². The molecule has 3 nitrogen and oxygen atoms in total. The third kappa shape index (κ3) is 5.08. The molecule has 1 aromatic rings. The second kappa shape index (κ2) is 7.41. The predicted octanol–water partition coefficient (Wildman–Crippen LogP) is 3.79. The molecule has 0 fully saturated rings. The summed E-state index contributed by atoms with van der Waals surface area (Å²) < 4.78 is 34.9. The number of benzene rings is 1. The van der Waals surface area contributed by atoms with E-state index in [0.29, 0.717) is 12.1 Å². The number of hydrogen-bond donors (Lipinski definition) is 1. The highest BCUT2D eigenvalue weighted by Crippen LogP contribution is 2.15. The zero-order valence-electron chi connectivity index (χ0n) is 12.1. The molecule has 102 valence electrons. The van der Waals surface area contributed by atoms with E-state index in [-0.39, 0.29) is 0 Å². The molecule has 0 saturated heterocycles. The molecular weight excluding hydrogens is 246 g/mol. The van der Waals surface area contributed by atoms with Gasteiger partial charge in [0.1, 0.15) is 0 Å². The lowest BCUT2D eigenvalue weighted by Gasteiger charge is -2.14. The van der Waals surface area contributed by atoms with Crippen LogP contribution in [0, 0.1) is 0 Å². The Bertz CT molecular complexity index is 471. The molecule has 0 spiro atoms. The van der Waals surface area contributed by atoms with Gasteiger partial charge in [-0.15, -0.1) is 0 Å². The zero-order chi connectivity index (χ0) is 14.4. The van der Waals surface area contributed by atoms with Gasteiger partial charge in [-0.25, -0.2) is 8.42 Å². The van der Waals surface area contributed by atoms with E-state index in [9.17, 15) is 8.42 Å². The molecular formula is C14H23NO2S. The largest absolute Gasteiger partial charge is 0.283 e. The van der Waals surface area contributed by atoms with Crippen molar-refractivity contribution in [3.8, 4) is 0 Å². The van der Waals surface area contributed by atoms with E-state index in [1.807, 2.05) is 6.07 Å². The molecule has 18 heavy (non-hydrogen) atoms. The summed E-state index contributed by atoms with van der Waals surface area (Å²) in [4.78, 5) is 0. The van der Waals surface area contributed by atoms with Crippen LogP contribution in [0.25, 0.3) is 0 Å². The molecule has 1 atom stereocenters. The van der Waals surface area contributed by atoms with Gasteiger partial charge in [0.25, 0.3) is 0 Å². The summed E-state index contributed by atoms with van der Waals surface area (Å²) in [6.07, 6.45) is 4.29. The van der Waals surface area contributed by atoms with E-state index in [1.54, 1.807) is 24.3 Å². The van der Waals surface area contributed by atoms with Gasteiger partial charge in [0, 0.05) is 7.06 Å². The van der Waals surface area contributed by atoms with Crippen LogP contribution in [0.15, 0.2) is 30.3 Å². The second-order valence-corrected chi connectivity index (χ2v) is 6.39. The van der Waals surface area contributed by atoms with Crippen molar-refractivity contribution in [3.05, 3.63) is 30.3 Å². The first-order chi connectivity index (χ1) is 8.89. The first kappa shape index (κ1) is 13.4. The van der Waals surface area contributed by atoms with Gasteiger partial charge >= 0.3 is 0 Å². The van der Waals surface area contributed by atoms with Crippen LogP contribution in [-0.4, -0.2) is 13.6 Å². The maximum absolute atomic E-state index is 12.2. The second-order valence-electron chi connectivity index (χ2n) is 4.48. The Balaban J connectivity index is 2.64. The number of anilines is 1. The van der Waals surface area contributed by atoms with Crippen LogP contribution in [0.1, 0.15) is 47.3 Å². The third-order valence-electron chi connectivity index (χ3n) is 2.87. The maximum Gasteiger partial charge on any atom is 0.235 e. The van der Waals surface area contributed by atoms with Crippen LogP contribution in [0.3, 0.4) is 0 Å². The monoisotopic (exact) mass is 270 g/mol. The van der Waals surface area contributed by atoms with Crippen LogP contribution in [0.5, 0.6) is 0 Å². The lowest BCUT2D eigenvalue weighted by molar-refractivity contribution is 0.567. The summed E-state index contributed by atoms with van der Waals surface area (Å²) in [5, 5.41) is -1.49. The Morgan fingerprint density at radius 2 is 1.89 bits per heavy atom. The topological polar surface area (TPSA) is 46.2 Å². The number of rotatable bonds is 8. The quantitative estimate of drug-likeness (QED) is 0.731. The third-order valence-corrected chi connectivity index (χ3v) is 4.49. The number of nitrogens with one attached hydrogen (secondary N) is 1. The SMILES string of the molecule is [2H]C(C)(CCCCCC)S(=O)(=O)Nc1ccccc1. The minimum absolute atomic E-state index is 0.356. The molecule has 0 bridgehead atoms. The van der Waals surface area contributed by atoms with Gasteiger partial charge in [0.05, 0.1) is 5.23 Å². The van der Waals surface area contributed by atoms with Crippen molar-refractivity contribution in [2.75, 3.05) is 4.72 Å². The molecule has 0 heterocycles. The van der Waals surface area contributed by atoms with Crippen molar-refractivity contribution in [3.63, 3.8) is 0 Å². The molecule has 1 N–H and O–H groups in total. The van der Waals surface area contributed by atoms with Crippen LogP contribution < -0.4 is 4.72 Å². The van der Waals surface area contributed by atoms with Gasteiger partial charge in [-0.3, -0.25) is 4.72 Å². The molecule has 0 aliphatic carbocycles. The minimum atomic E-state index is -3.68. The lowest BCUT2D eigenvalue weighted by atomic mass is 10.1. The Hall–Kier alpha value is -1.03. The average Bonchev–Trinajstić information content (AvgIpc) is 2.35. The average molecular weight is 270 g/mol. The molecule has 0 aliphatic rings. The van der Waals surface area contributed by atoms with E-state index in [2.05, 4.69) is 11.6 Å². The van der Waals surface area contributed by atoms with Crippen molar-refractivity contribution in [2.45, 2.75) is 51.2 Å². The lowest BCUT2D eigenvalue weighted by Crippen LogP contribution is -2.25. The Morgan fingerprint density at radius 1 is 1.22 bits per heavy atom. The maximum atomic E-state index is 12.2. The molecule has 0 radical (unpaired) electrons. The van der Waals surface area contributed by atoms with Crippen LogP contribution >= 0.6 is 0 Å². The molecule has 0 saturated carbocycles. The van der Waals surface area contributed by atoms with E-state index in [1.165, 1.54) is 6.92 Å². The predicted molar refractivity (Wildman–Crippen MR) is 77.2 cm³/mol. The van der Waals surface area contributed by atoms with Crippen LogP contribution in [0.4, 0.5) is 5.69 Å². The fraction of sp³-hybridized carbons (Fsp3) is 0.571. The van der Waals surface area contributed by atoms with Crippen molar-refractivity contribution in [2.24, 2.45) is 0 Å². The van der Waals surface area contributed by atoms with E-state index in [4.69, 9.17) is 1.37 Å². The summed E-state index contributed by atoms with van der Waals surface area (Å²) in [7, 11) is -3.68. The standard InChI is InChI=1S/C14H23NO2S/c1-3-4-5-7-10-13(2)18(16,17)15-14-11-8-6-9-12-14/h6,8-9,11-13,15H,3-5,7,10H2,1-2H3/i13D. The molecule has 1 aromatic carbocycles. The molecule has 0 amide bonds. The number of unbranched alkanes of at least 4 members (excludes halogenated alkanes) is 3.